The zero-order valence-electron chi connectivity index (χ0n) is 14.8. The summed E-state index contributed by atoms with van der Waals surface area (Å²) >= 11 is 0. The fourth-order valence-corrected chi connectivity index (χ4v) is 2.74. The normalized spacial score (nSPS) is 10.6. The lowest BCUT2D eigenvalue weighted by atomic mass is 10.1. The van der Waals surface area contributed by atoms with E-state index in [9.17, 15) is 9.90 Å². The monoisotopic (exact) mass is 358 g/mol. The zero-order chi connectivity index (χ0) is 18.8. The summed E-state index contributed by atoms with van der Waals surface area (Å²) < 4.78 is 26.6. The lowest BCUT2D eigenvalue weighted by Crippen LogP contribution is -2.08. The number of fused-ring (bicyclic) bond motifs is 1. The lowest BCUT2D eigenvalue weighted by molar-refractivity contribution is 0.334. The zero-order valence-corrected chi connectivity index (χ0v) is 14.8. The molecule has 3 aromatic rings. The molecule has 0 bridgehead atoms. The van der Waals surface area contributed by atoms with Gasteiger partial charge in [-0.25, -0.2) is 0 Å². The van der Waals surface area contributed by atoms with E-state index in [1.54, 1.807) is 31.4 Å². The molecule has 1 aromatic heterocycles. The SMILES string of the molecule is COc1ccc(-c2oc3cc(OC)c(OC)c(O)c3c(=O)c2OC)cc1. The number of rotatable bonds is 5. The van der Waals surface area contributed by atoms with Gasteiger partial charge in [-0.2, -0.15) is 0 Å². The summed E-state index contributed by atoms with van der Waals surface area (Å²) in [5.74, 6) is 0.803. The summed E-state index contributed by atoms with van der Waals surface area (Å²) in [7, 11) is 5.72. The van der Waals surface area contributed by atoms with Gasteiger partial charge in [0.1, 0.15) is 16.7 Å². The standard InChI is InChI=1S/C19H18O7/c1-22-11-7-5-10(6-8-11)17-19(25-4)16(21)14-12(26-17)9-13(23-2)18(24-3)15(14)20/h5-9,20H,1-4H3. The second kappa shape index (κ2) is 6.87. The first-order chi connectivity index (χ1) is 12.5. The second-order valence-electron chi connectivity index (χ2n) is 5.36. The molecule has 0 amide bonds. The van der Waals surface area contributed by atoms with Gasteiger partial charge >= 0.3 is 0 Å². The fraction of sp³-hybridized carbons (Fsp3) is 0.211. The summed E-state index contributed by atoms with van der Waals surface area (Å²) in [6, 6.07) is 8.45. The summed E-state index contributed by atoms with van der Waals surface area (Å²) in [4.78, 5) is 12.9. The van der Waals surface area contributed by atoms with E-state index in [0.29, 0.717) is 11.3 Å². The number of hydrogen-bond donors (Lipinski definition) is 1. The number of phenolic OH excluding ortho intramolecular Hbond substituents is 1. The molecule has 26 heavy (non-hydrogen) atoms. The molecular weight excluding hydrogens is 340 g/mol. The maximum Gasteiger partial charge on any atom is 0.239 e. The fourth-order valence-electron chi connectivity index (χ4n) is 2.74. The molecule has 0 aliphatic carbocycles. The van der Waals surface area contributed by atoms with Gasteiger partial charge in [0.25, 0.3) is 0 Å². The van der Waals surface area contributed by atoms with Crippen molar-refractivity contribution >= 4 is 11.0 Å². The number of hydrogen-bond acceptors (Lipinski definition) is 7. The molecule has 0 aliphatic rings. The van der Waals surface area contributed by atoms with E-state index in [-0.39, 0.29) is 39.7 Å². The molecule has 0 aliphatic heterocycles. The van der Waals surface area contributed by atoms with E-state index in [1.807, 2.05) is 0 Å². The van der Waals surface area contributed by atoms with Crippen LogP contribution in [0.4, 0.5) is 0 Å². The number of benzene rings is 2. The molecular formula is C19H18O7. The largest absolute Gasteiger partial charge is 0.504 e. The first-order valence-electron chi connectivity index (χ1n) is 7.68. The first kappa shape index (κ1) is 17.5. The number of ether oxygens (including phenoxy) is 4. The smallest absolute Gasteiger partial charge is 0.239 e. The minimum Gasteiger partial charge on any atom is -0.504 e. The van der Waals surface area contributed by atoms with Crippen molar-refractivity contribution in [2.24, 2.45) is 0 Å². The third-order valence-corrected chi connectivity index (χ3v) is 4.02. The van der Waals surface area contributed by atoms with E-state index < -0.39 is 5.43 Å². The van der Waals surface area contributed by atoms with Crippen molar-refractivity contribution in [2.45, 2.75) is 0 Å². The summed E-state index contributed by atoms with van der Waals surface area (Å²) in [6.07, 6.45) is 0. The Morgan fingerprint density at radius 1 is 0.885 bits per heavy atom. The second-order valence-corrected chi connectivity index (χ2v) is 5.36. The van der Waals surface area contributed by atoms with E-state index >= 15 is 0 Å². The number of phenols is 1. The molecule has 7 nitrogen and oxygen atoms in total. The van der Waals surface area contributed by atoms with Crippen LogP contribution in [0.2, 0.25) is 0 Å². The highest BCUT2D eigenvalue weighted by Crippen LogP contribution is 2.43. The van der Waals surface area contributed by atoms with Crippen LogP contribution < -0.4 is 24.4 Å². The molecule has 0 spiro atoms. The highest BCUT2D eigenvalue weighted by molar-refractivity contribution is 5.91. The van der Waals surface area contributed by atoms with E-state index in [2.05, 4.69) is 0 Å². The minimum atomic E-state index is -0.516. The van der Waals surface area contributed by atoms with E-state index in [0.717, 1.165) is 0 Å². The molecule has 0 saturated carbocycles. The van der Waals surface area contributed by atoms with Crippen LogP contribution in [-0.2, 0) is 0 Å². The Morgan fingerprint density at radius 3 is 2.08 bits per heavy atom. The van der Waals surface area contributed by atoms with Gasteiger partial charge in [0, 0.05) is 11.6 Å². The maximum atomic E-state index is 12.9. The van der Waals surface area contributed by atoms with Crippen LogP contribution in [0.15, 0.2) is 39.5 Å². The maximum absolute atomic E-state index is 12.9. The molecule has 136 valence electrons. The van der Waals surface area contributed by atoms with Gasteiger partial charge < -0.3 is 28.5 Å². The highest BCUT2D eigenvalue weighted by Gasteiger charge is 2.24. The Hall–Kier alpha value is -3.35. The van der Waals surface area contributed by atoms with Gasteiger partial charge in [-0.15, -0.1) is 0 Å². The van der Waals surface area contributed by atoms with E-state index in [1.165, 1.54) is 27.4 Å². The predicted molar refractivity (Wildman–Crippen MR) is 95.8 cm³/mol. The Morgan fingerprint density at radius 2 is 1.54 bits per heavy atom. The van der Waals surface area contributed by atoms with Gasteiger partial charge in [-0.1, -0.05) is 0 Å². The summed E-state index contributed by atoms with van der Waals surface area (Å²) in [5, 5.41) is 10.4. The molecule has 0 radical (unpaired) electrons. The summed E-state index contributed by atoms with van der Waals surface area (Å²) in [6.45, 7) is 0. The average molecular weight is 358 g/mol. The van der Waals surface area contributed by atoms with Crippen molar-refractivity contribution in [3.8, 4) is 40.1 Å². The Balaban J connectivity index is 2.36. The predicted octanol–water partition coefficient (Wildman–Crippen LogP) is 3.20. The van der Waals surface area contributed by atoms with Crippen molar-refractivity contribution in [2.75, 3.05) is 28.4 Å². The van der Waals surface area contributed by atoms with Gasteiger partial charge in [0.05, 0.1) is 28.4 Å². The van der Waals surface area contributed by atoms with Gasteiger partial charge in [-0.3, -0.25) is 4.79 Å². The third-order valence-electron chi connectivity index (χ3n) is 4.02. The Kier molecular flexibility index (Phi) is 4.62. The van der Waals surface area contributed by atoms with Crippen molar-refractivity contribution in [3.05, 3.63) is 40.6 Å². The average Bonchev–Trinajstić information content (AvgIpc) is 2.67. The van der Waals surface area contributed by atoms with Gasteiger partial charge in [0.15, 0.2) is 17.3 Å². The van der Waals surface area contributed by atoms with Crippen molar-refractivity contribution in [3.63, 3.8) is 0 Å². The molecule has 0 atom stereocenters. The first-order valence-corrected chi connectivity index (χ1v) is 7.68. The van der Waals surface area contributed by atoms with E-state index in [4.69, 9.17) is 23.4 Å². The minimum absolute atomic E-state index is 0.0230. The molecule has 2 aromatic carbocycles. The van der Waals surface area contributed by atoms with Gasteiger partial charge in [-0.05, 0) is 24.3 Å². The molecule has 0 saturated heterocycles. The number of aromatic hydroxyl groups is 1. The highest BCUT2D eigenvalue weighted by atomic mass is 16.5. The molecule has 1 N–H and O–H groups in total. The van der Waals surface area contributed by atoms with Crippen LogP contribution in [0, 0.1) is 0 Å². The molecule has 0 unspecified atom stereocenters. The Labute approximate surface area is 149 Å². The van der Waals surface area contributed by atoms with Crippen LogP contribution in [-0.4, -0.2) is 33.5 Å². The van der Waals surface area contributed by atoms with Crippen LogP contribution in [0.3, 0.4) is 0 Å². The summed E-state index contributed by atoms with van der Waals surface area (Å²) in [5.41, 5.74) is 0.255. The van der Waals surface area contributed by atoms with Crippen molar-refractivity contribution in [1.82, 2.24) is 0 Å². The molecule has 1 heterocycles. The molecule has 3 rings (SSSR count). The van der Waals surface area contributed by atoms with Crippen molar-refractivity contribution in [1.29, 1.82) is 0 Å². The Bertz CT molecular complexity index is 1000. The molecule has 7 heteroatoms. The van der Waals surface area contributed by atoms with Crippen LogP contribution in [0.25, 0.3) is 22.3 Å². The van der Waals surface area contributed by atoms with Crippen LogP contribution in [0.1, 0.15) is 0 Å². The quantitative estimate of drug-likeness (QED) is 0.749. The van der Waals surface area contributed by atoms with Gasteiger partial charge in [0.2, 0.25) is 16.9 Å². The topological polar surface area (TPSA) is 87.4 Å². The molecule has 0 fully saturated rings. The van der Waals surface area contributed by atoms with Crippen LogP contribution >= 0.6 is 0 Å². The van der Waals surface area contributed by atoms with Crippen molar-refractivity contribution < 1.29 is 28.5 Å². The lowest BCUT2D eigenvalue weighted by Gasteiger charge is -2.14. The third kappa shape index (κ3) is 2.67. The van der Waals surface area contributed by atoms with Crippen LogP contribution in [0.5, 0.6) is 28.7 Å². The number of methoxy groups -OCH3 is 4.